The van der Waals surface area contributed by atoms with E-state index >= 15 is 0 Å². The molecular weight excluding hydrogens is 338 g/mol. The van der Waals surface area contributed by atoms with Gasteiger partial charge in [-0.25, -0.2) is 4.98 Å². The van der Waals surface area contributed by atoms with Crippen LogP contribution in [0.25, 0.3) is 22.3 Å². The molecule has 2 atom stereocenters. The number of nitrogens with zero attached hydrogens (tertiary/aromatic N) is 5. The number of rotatable bonds is 5. The first-order valence-corrected chi connectivity index (χ1v) is 9.93. The Morgan fingerprint density at radius 1 is 1.07 bits per heavy atom. The Kier molecular flexibility index (Phi) is 4.38. The third-order valence-corrected chi connectivity index (χ3v) is 6.07. The highest BCUT2D eigenvalue weighted by Gasteiger charge is 2.42. The van der Waals surface area contributed by atoms with E-state index in [0.717, 1.165) is 54.6 Å². The molecule has 0 bridgehead atoms. The lowest BCUT2D eigenvalue weighted by atomic mass is 10.0. The molecule has 0 radical (unpaired) electrons. The molecular formula is C21H25N5O. The van der Waals surface area contributed by atoms with Crippen molar-refractivity contribution in [2.75, 3.05) is 19.7 Å². The summed E-state index contributed by atoms with van der Waals surface area (Å²) in [7, 11) is 0. The summed E-state index contributed by atoms with van der Waals surface area (Å²) in [5, 5.41) is 13.7. The molecule has 2 aromatic heterocycles. The summed E-state index contributed by atoms with van der Waals surface area (Å²) in [4.78, 5) is 11.8. The van der Waals surface area contributed by atoms with Crippen molar-refractivity contribution in [3.05, 3.63) is 42.9 Å². The van der Waals surface area contributed by atoms with Gasteiger partial charge in [0.2, 0.25) is 0 Å². The van der Waals surface area contributed by atoms with E-state index in [2.05, 4.69) is 25.9 Å². The fourth-order valence-electron chi connectivity index (χ4n) is 4.40. The first-order chi connectivity index (χ1) is 13.3. The van der Waals surface area contributed by atoms with Gasteiger partial charge in [0.25, 0.3) is 0 Å². The smallest absolute Gasteiger partial charge is 0.0924 e. The highest BCUT2D eigenvalue weighted by Crippen LogP contribution is 2.40. The fourth-order valence-corrected chi connectivity index (χ4v) is 4.40. The molecule has 2 unspecified atom stereocenters. The third-order valence-electron chi connectivity index (χ3n) is 6.07. The monoisotopic (exact) mass is 363 g/mol. The van der Waals surface area contributed by atoms with Gasteiger partial charge < -0.3 is 5.11 Å². The molecule has 1 aromatic carbocycles. The third kappa shape index (κ3) is 3.35. The second-order valence-corrected chi connectivity index (χ2v) is 7.80. The molecule has 1 aliphatic carbocycles. The van der Waals surface area contributed by atoms with Crippen molar-refractivity contribution < 1.29 is 5.11 Å². The summed E-state index contributed by atoms with van der Waals surface area (Å²) in [6, 6.07) is 9.11. The molecule has 5 rings (SSSR count). The number of aliphatic hydroxyl groups excluding tert-OH is 1. The van der Waals surface area contributed by atoms with Crippen molar-refractivity contribution in [3.63, 3.8) is 0 Å². The number of hydrogen-bond donors (Lipinski definition) is 1. The van der Waals surface area contributed by atoms with E-state index in [1.54, 1.807) is 0 Å². The van der Waals surface area contributed by atoms with E-state index in [0.29, 0.717) is 24.6 Å². The second kappa shape index (κ2) is 7.02. The summed E-state index contributed by atoms with van der Waals surface area (Å²) < 4.78 is 2.11. The summed E-state index contributed by atoms with van der Waals surface area (Å²) >= 11 is 0. The Balaban J connectivity index is 1.26. The zero-order chi connectivity index (χ0) is 18.2. The molecule has 27 heavy (non-hydrogen) atoms. The quantitative estimate of drug-likeness (QED) is 0.755. The molecule has 3 heterocycles. The molecule has 6 nitrogen and oxygen atoms in total. The van der Waals surface area contributed by atoms with Crippen LogP contribution in [0.15, 0.2) is 42.9 Å². The number of hydrogen-bond acceptors (Lipinski definition) is 5. The molecule has 1 N–H and O–H groups in total. The Morgan fingerprint density at radius 3 is 2.70 bits per heavy atom. The second-order valence-electron chi connectivity index (χ2n) is 7.80. The van der Waals surface area contributed by atoms with Gasteiger partial charge in [-0.05, 0) is 43.7 Å². The van der Waals surface area contributed by atoms with Crippen LogP contribution in [-0.4, -0.2) is 55.5 Å². The molecule has 1 saturated heterocycles. The van der Waals surface area contributed by atoms with Crippen molar-refractivity contribution >= 4 is 11.0 Å². The minimum absolute atomic E-state index is 0.325. The normalized spacial score (nSPS) is 23.7. The Labute approximate surface area is 158 Å². The minimum Gasteiger partial charge on any atom is -0.396 e. The Bertz CT molecular complexity index is 931. The Hall–Kier alpha value is -2.31. The van der Waals surface area contributed by atoms with E-state index in [1.807, 2.05) is 36.7 Å². The lowest BCUT2D eigenvalue weighted by molar-refractivity contribution is 0.161. The van der Waals surface area contributed by atoms with Gasteiger partial charge in [0, 0.05) is 37.5 Å². The first kappa shape index (κ1) is 16.8. The summed E-state index contributed by atoms with van der Waals surface area (Å²) in [6.45, 7) is 2.58. The molecule has 1 aliphatic heterocycles. The van der Waals surface area contributed by atoms with Crippen molar-refractivity contribution in [2.45, 2.75) is 37.8 Å². The molecule has 3 aromatic rings. The number of benzene rings is 1. The average molecular weight is 363 g/mol. The zero-order valence-corrected chi connectivity index (χ0v) is 15.4. The predicted molar refractivity (Wildman–Crippen MR) is 104 cm³/mol. The van der Waals surface area contributed by atoms with Crippen LogP contribution in [0.3, 0.4) is 0 Å². The average Bonchev–Trinajstić information content (AvgIpc) is 3.31. The van der Waals surface area contributed by atoms with E-state index < -0.39 is 0 Å². The summed E-state index contributed by atoms with van der Waals surface area (Å²) in [5.74, 6) is 0.717. The zero-order valence-electron chi connectivity index (χ0n) is 15.4. The van der Waals surface area contributed by atoms with Crippen LogP contribution in [0, 0.1) is 5.92 Å². The minimum atomic E-state index is 0.325. The topological polar surface area (TPSA) is 67.1 Å². The van der Waals surface area contributed by atoms with Crippen LogP contribution in [0.5, 0.6) is 0 Å². The van der Waals surface area contributed by atoms with Gasteiger partial charge in [0.15, 0.2) is 0 Å². The van der Waals surface area contributed by atoms with Gasteiger partial charge in [0.05, 0.1) is 35.2 Å². The molecule has 0 spiro atoms. The molecule has 140 valence electrons. The maximum Gasteiger partial charge on any atom is 0.0924 e. The van der Waals surface area contributed by atoms with Gasteiger partial charge in [0.1, 0.15) is 0 Å². The lowest BCUT2D eigenvalue weighted by Crippen LogP contribution is -2.37. The molecule has 1 saturated carbocycles. The summed E-state index contributed by atoms with van der Waals surface area (Å²) in [5.41, 5.74) is 3.74. The van der Waals surface area contributed by atoms with E-state index in [9.17, 15) is 0 Å². The van der Waals surface area contributed by atoms with Crippen LogP contribution in [0.1, 0.15) is 31.7 Å². The molecule has 6 heteroatoms. The number of likely N-dealkylation sites (tertiary alicyclic amines) is 1. The number of fused-ring (bicyclic) bond motifs is 1. The van der Waals surface area contributed by atoms with Gasteiger partial charge in [-0.15, -0.1) is 0 Å². The van der Waals surface area contributed by atoms with Crippen LogP contribution < -0.4 is 0 Å². The molecule has 0 amide bonds. The van der Waals surface area contributed by atoms with Crippen LogP contribution in [-0.2, 0) is 0 Å². The first-order valence-electron chi connectivity index (χ1n) is 9.93. The van der Waals surface area contributed by atoms with Crippen LogP contribution >= 0.6 is 0 Å². The Morgan fingerprint density at radius 2 is 1.89 bits per heavy atom. The molecule has 2 fully saturated rings. The maximum absolute atomic E-state index is 9.10. The number of para-hydroxylation sites is 2. The van der Waals surface area contributed by atoms with E-state index in [4.69, 9.17) is 10.1 Å². The fraction of sp³-hybridized carbons (Fsp3) is 0.476. The largest absolute Gasteiger partial charge is 0.396 e. The van der Waals surface area contributed by atoms with Gasteiger partial charge in [-0.1, -0.05) is 12.1 Å². The van der Waals surface area contributed by atoms with Gasteiger partial charge in [-0.3, -0.25) is 14.6 Å². The van der Waals surface area contributed by atoms with Crippen molar-refractivity contribution in [1.29, 1.82) is 0 Å². The highest BCUT2D eigenvalue weighted by atomic mass is 16.3. The molecule has 2 aliphatic rings. The SMILES string of the molecule is OCCC1CC1N1CCC(n2cc(-c3cnc4ccccc4n3)cn2)CC1. The predicted octanol–water partition coefficient (Wildman–Crippen LogP) is 2.90. The van der Waals surface area contributed by atoms with E-state index in [1.165, 1.54) is 6.42 Å². The number of aromatic nitrogens is 4. The standard InChI is InChI=1S/C21H25N5O/c27-10-7-15-11-21(15)25-8-5-17(6-9-25)26-14-16(12-23-26)20-13-22-18-3-1-2-4-19(18)24-20/h1-4,12-15,17,21,27H,5-11H2. The lowest BCUT2D eigenvalue weighted by Gasteiger charge is -2.32. The van der Waals surface area contributed by atoms with Crippen molar-refractivity contribution in [3.8, 4) is 11.3 Å². The van der Waals surface area contributed by atoms with E-state index in [-0.39, 0.29) is 0 Å². The number of aliphatic hydroxyl groups is 1. The van der Waals surface area contributed by atoms with Crippen molar-refractivity contribution in [2.24, 2.45) is 5.92 Å². The maximum atomic E-state index is 9.10. The highest BCUT2D eigenvalue weighted by molar-refractivity contribution is 5.76. The number of piperidine rings is 1. The van der Waals surface area contributed by atoms with Crippen LogP contribution in [0.4, 0.5) is 0 Å². The van der Waals surface area contributed by atoms with Gasteiger partial charge in [-0.2, -0.15) is 5.10 Å². The summed E-state index contributed by atoms with van der Waals surface area (Å²) in [6.07, 6.45) is 10.3. The van der Waals surface area contributed by atoms with Gasteiger partial charge >= 0.3 is 0 Å². The van der Waals surface area contributed by atoms with Crippen LogP contribution in [0.2, 0.25) is 0 Å². The van der Waals surface area contributed by atoms with Crippen molar-refractivity contribution in [1.82, 2.24) is 24.6 Å².